The topological polar surface area (TPSA) is 82.2 Å². The number of aromatic nitrogens is 2. The smallest absolute Gasteiger partial charge is 0.283 e. The van der Waals surface area contributed by atoms with Crippen LogP contribution in [0.4, 0.5) is 0 Å². The summed E-state index contributed by atoms with van der Waals surface area (Å²) < 4.78 is 30.9. The van der Waals surface area contributed by atoms with Crippen LogP contribution >= 0.6 is 0 Å². The van der Waals surface area contributed by atoms with Gasteiger partial charge in [0.05, 0.1) is 22.9 Å². The Balaban J connectivity index is 2.08. The van der Waals surface area contributed by atoms with Gasteiger partial charge in [-0.1, -0.05) is 17.7 Å². The van der Waals surface area contributed by atoms with E-state index in [9.17, 15) is 13.2 Å². The predicted molar refractivity (Wildman–Crippen MR) is 78.1 cm³/mol. The van der Waals surface area contributed by atoms with E-state index >= 15 is 0 Å². The van der Waals surface area contributed by atoms with Crippen molar-refractivity contribution in [2.45, 2.75) is 11.8 Å². The molecule has 0 radical (unpaired) electrons. The van der Waals surface area contributed by atoms with Gasteiger partial charge in [-0.05, 0) is 31.2 Å². The van der Waals surface area contributed by atoms with Gasteiger partial charge in [0, 0.05) is 0 Å². The Hall–Kier alpha value is -2.67. The summed E-state index contributed by atoms with van der Waals surface area (Å²) in [5.41, 5.74) is 1.16. The molecule has 0 N–H and O–H groups in total. The van der Waals surface area contributed by atoms with Gasteiger partial charge in [0.25, 0.3) is 10.0 Å². The molecule has 0 aliphatic heterocycles. The van der Waals surface area contributed by atoms with Crippen LogP contribution in [0.3, 0.4) is 0 Å². The van der Waals surface area contributed by atoms with Gasteiger partial charge in [0.1, 0.15) is 12.0 Å². The van der Waals surface area contributed by atoms with E-state index in [2.05, 4.69) is 5.10 Å². The number of ketones is 1. The lowest BCUT2D eigenvalue weighted by molar-refractivity contribution is 0.103. The van der Waals surface area contributed by atoms with Gasteiger partial charge in [0.15, 0.2) is 0 Å². The van der Waals surface area contributed by atoms with Crippen molar-refractivity contribution < 1.29 is 17.6 Å². The number of carbonyl (C=O) groups is 1. The third-order valence-corrected chi connectivity index (χ3v) is 4.79. The number of nitrogens with zero attached hydrogens (tertiary/aromatic N) is 2. The van der Waals surface area contributed by atoms with Gasteiger partial charge < -0.3 is 4.42 Å². The highest BCUT2D eigenvalue weighted by molar-refractivity contribution is 7.89. The second-order valence-electron chi connectivity index (χ2n) is 4.72. The Morgan fingerprint density at radius 2 is 1.86 bits per heavy atom. The normalized spacial score (nSPS) is 11.5. The molecule has 0 aliphatic carbocycles. The fourth-order valence-corrected chi connectivity index (χ4v) is 3.26. The molecule has 0 atom stereocenters. The standard InChI is InChI=1S/C15H12N2O4S/c1-11-2-4-13(5-3-11)22(19,20)17-14(6-8-16-17)15(18)12-7-9-21-10-12/h2-10H,1H3. The van der Waals surface area contributed by atoms with E-state index < -0.39 is 15.8 Å². The molecule has 0 spiro atoms. The fraction of sp³-hybridized carbons (Fsp3) is 0.0667. The summed E-state index contributed by atoms with van der Waals surface area (Å²) in [6, 6.07) is 9.18. The zero-order valence-electron chi connectivity index (χ0n) is 11.6. The minimum absolute atomic E-state index is 0.0398. The van der Waals surface area contributed by atoms with Crippen molar-refractivity contribution in [2.75, 3.05) is 0 Å². The zero-order chi connectivity index (χ0) is 15.7. The van der Waals surface area contributed by atoms with E-state index in [-0.39, 0.29) is 16.2 Å². The first-order chi connectivity index (χ1) is 10.5. The molecule has 7 heteroatoms. The molecule has 0 amide bonds. The molecule has 0 bridgehead atoms. The third-order valence-electron chi connectivity index (χ3n) is 3.17. The molecule has 0 unspecified atom stereocenters. The van der Waals surface area contributed by atoms with Crippen LogP contribution < -0.4 is 0 Å². The number of aryl methyl sites for hydroxylation is 1. The monoisotopic (exact) mass is 316 g/mol. The average molecular weight is 316 g/mol. The lowest BCUT2D eigenvalue weighted by Crippen LogP contribution is -2.20. The number of furan rings is 1. The maximum Gasteiger partial charge on any atom is 0.283 e. The molecule has 2 aromatic heterocycles. The van der Waals surface area contributed by atoms with Gasteiger partial charge in [-0.2, -0.15) is 13.5 Å². The van der Waals surface area contributed by atoms with E-state index in [0.29, 0.717) is 0 Å². The Kier molecular flexibility index (Phi) is 3.42. The number of rotatable bonds is 4. The summed E-state index contributed by atoms with van der Waals surface area (Å²) in [5, 5.41) is 3.79. The molecule has 0 saturated heterocycles. The lowest BCUT2D eigenvalue weighted by Gasteiger charge is -2.08. The van der Waals surface area contributed by atoms with Gasteiger partial charge in [-0.25, -0.2) is 0 Å². The zero-order valence-corrected chi connectivity index (χ0v) is 12.4. The summed E-state index contributed by atoms with van der Waals surface area (Å²) in [5.74, 6) is -0.470. The van der Waals surface area contributed by atoms with E-state index in [0.717, 1.165) is 9.65 Å². The first-order valence-electron chi connectivity index (χ1n) is 6.43. The van der Waals surface area contributed by atoms with Crippen LogP contribution in [0, 0.1) is 6.92 Å². The van der Waals surface area contributed by atoms with E-state index in [4.69, 9.17) is 4.42 Å². The lowest BCUT2D eigenvalue weighted by atomic mass is 10.2. The van der Waals surface area contributed by atoms with Crippen LogP contribution in [-0.2, 0) is 10.0 Å². The molecule has 3 rings (SSSR count). The maximum absolute atomic E-state index is 12.6. The van der Waals surface area contributed by atoms with Crippen molar-refractivity contribution >= 4 is 15.8 Å². The van der Waals surface area contributed by atoms with Crippen molar-refractivity contribution in [3.8, 4) is 0 Å². The predicted octanol–water partition coefficient (Wildman–Crippen LogP) is 2.25. The fourth-order valence-electron chi connectivity index (χ4n) is 2.00. The number of carbonyl (C=O) groups excluding carboxylic acids is 1. The molecule has 0 saturated carbocycles. The van der Waals surface area contributed by atoms with Gasteiger partial charge in [-0.15, -0.1) is 4.09 Å². The Bertz CT molecular complexity index is 907. The first-order valence-corrected chi connectivity index (χ1v) is 7.87. The molecule has 6 nitrogen and oxygen atoms in total. The highest BCUT2D eigenvalue weighted by Crippen LogP contribution is 2.18. The van der Waals surface area contributed by atoms with Crippen molar-refractivity contribution in [1.82, 2.24) is 9.19 Å². The largest absolute Gasteiger partial charge is 0.472 e. The molecule has 1 aromatic carbocycles. The third kappa shape index (κ3) is 2.35. The van der Waals surface area contributed by atoms with Crippen LogP contribution in [0.5, 0.6) is 0 Å². The van der Waals surface area contributed by atoms with Gasteiger partial charge in [0.2, 0.25) is 5.78 Å². The molecule has 112 valence electrons. The summed E-state index contributed by atoms with van der Waals surface area (Å²) in [7, 11) is -3.93. The minimum Gasteiger partial charge on any atom is -0.472 e. The highest BCUT2D eigenvalue weighted by atomic mass is 32.2. The van der Waals surface area contributed by atoms with Crippen molar-refractivity contribution in [2.24, 2.45) is 0 Å². The van der Waals surface area contributed by atoms with E-state index in [1.807, 2.05) is 6.92 Å². The summed E-state index contributed by atoms with van der Waals surface area (Å²) >= 11 is 0. The molecular weight excluding hydrogens is 304 g/mol. The molecule has 0 aliphatic rings. The molecule has 3 aromatic rings. The van der Waals surface area contributed by atoms with Crippen LogP contribution in [-0.4, -0.2) is 23.4 Å². The maximum atomic E-state index is 12.6. The molecule has 2 heterocycles. The molecular formula is C15H12N2O4S. The average Bonchev–Trinajstić information content (AvgIpc) is 3.19. The van der Waals surface area contributed by atoms with E-state index in [1.165, 1.54) is 43.0 Å². The second-order valence-corrected chi connectivity index (χ2v) is 6.49. The van der Waals surface area contributed by atoms with Crippen LogP contribution in [0.25, 0.3) is 0 Å². The number of hydrogen-bond acceptors (Lipinski definition) is 5. The van der Waals surface area contributed by atoms with Crippen molar-refractivity contribution in [1.29, 1.82) is 0 Å². The van der Waals surface area contributed by atoms with Crippen molar-refractivity contribution in [3.05, 3.63) is 71.9 Å². The SMILES string of the molecule is Cc1ccc(S(=O)(=O)n2nccc2C(=O)c2ccoc2)cc1. The number of hydrogen-bond donors (Lipinski definition) is 0. The van der Waals surface area contributed by atoms with Crippen LogP contribution in [0.15, 0.2) is 64.4 Å². The van der Waals surface area contributed by atoms with E-state index in [1.54, 1.807) is 12.1 Å². The second kappa shape index (κ2) is 5.27. The minimum atomic E-state index is -3.93. The quantitative estimate of drug-likeness (QED) is 0.689. The van der Waals surface area contributed by atoms with Gasteiger partial charge >= 0.3 is 0 Å². The Labute approximate surface area is 127 Å². The number of benzene rings is 1. The van der Waals surface area contributed by atoms with Crippen molar-refractivity contribution in [3.63, 3.8) is 0 Å². The van der Waals surface area contributed by atoms with Crippen LogP contribution in [0.2, 0.25) is 0 Å². The summed E-state index contributed by atoms with van der Waals surface area (Å²) in [4.78, 5) is 12.4. The Morgan fingerprint density at radius 3 is 2.50 bits per heavy atom. The van der Waals surface area contributed by atoms with Crippen LogP contribution in [0.1, 0.15) is 21.6 Å². The first kappa shape index (κ1) is 14.3. The van der Waals surface area contributed by atoms with Gasteiger partial charge in [-0.3, -0.25) is 4.79 Å². The molecule has 22 heavy (non-hydrogen) atoms. The highest BCUT2D eigenvalue weighted by Gasteiger charge is 2.25. The Morgan fingerprint density at radius 1 is 1.14 bits per heavy atom. The molecule has 0 fully saturated rings. The summed E-state index contributed by atoms with van der Waals surface area (Å²) in [6.07, 6.45) is 3.89. The summed E-state index contributed by atoms with van der Waals surface area (Å²) in [6.45, 7) is 1.86.